The number of aromatic nitrogens is 3. The number of amides is 2. The molecule has 3 aromatic carbocycles. The average molecular weight is 512 g/mol. The number of hydrogen-bond donors (Lipinski definition) is 1. The van der Waals surface area contributed by atoms with E-state index < -0.39 is 5.54 Å². The minimum atomic E-state index is -0.978. The van der Waals surface area contributed by atoms with Gasteiger partial charge in [-0.2, -0.15) is 0 Å². The molecule has 0 unspecified atom stereocenters. The Morgan fingerprint density at radius 2 is 1.68 bits per heavy atom. The van der Waals surface area contributed by atoms with Gasteiger partial charge in [0.1, 0.15) is 23.3 Å². The van der Waals surface area contributed by atoms with Gasteiger partial charge >= 0.3 is 0 Å². The quantitative estimate of drug-likeness (QED) is 0.355. The molecule has 1 fully saturated rings. The number of methoxy groups -OCH3 is 1. The number of hydrogen-bond acceptors (Lipinski definition) is 5. The van der Waals surface area contributed by atoms with Crippen molar-refractivity contribution in [3.63, 3.8) is 0 Å². The van der Waals surface area contributed by atoms with Crippen LogP contribution in [0.2, 0.25) is 0 Å². The Hall–Kier alpha value is -4.20. The maximum Gasteiger partial charge on any atom is 0.250 e. The van der Waals surface area contributed by atoms with Gasteiger partial charge in [-0.05, 0) is 67.3 Å². The molecule has 196 valence electrons. The van der Waals surface area contributed by atoms with Crippen LogP contribution in [0.1, 0.15) is 43.2 Å². The maximum atomic E-state index is 14.2. The summed E-state index contributed by atoms with van der Waals surface area (Å²) in [6.45, 7) is 2.38. The first-order chi connectivity index (χ1) is 18.5. The fraction of sp³-hybridized carbons (Fsp3) is 0.333. The third kappa shape index (κ3) is 5.11. The lowest BCUT2D eigenvalue weighted by atomic mass is 9.78. The van der Waals surface area contributed by atoms with E-state index in [2.05, 4.69) is 15.6 Å². The normalized spacial score (nSPS) is 14.7. The van der Waals surface area contributed by atoms with E-state index in [4.69, 9.17) is 4.74 Å². The van der Waals surface area contributed by atoms with Crippen molar-refractivity contribution >= 4 is 28.5 Å². The summed E-state index contributed by atoms with van der Waals surface area (Å²) in [4.78, 5) is 30.1. The number of anilines is 1. The first kappa shape index (κ1) is 25.4. The van der Waals surface area contributed by atoms with E-state index in [-0.39, 0.29) is 18.4 Å². The highest BCUT2D eigenvalue weighted by molar-refractivity contribution is 6.00. The van der Waals surface area contributed by atoms with Gasteiger partial charge in [-0.1, -0.05) is 60.9 Å². The monoisotopic (exact) mass is 511 g/mol. The Labute approximate surface area is 222 Å². The molecule has 5 rings (SSSR count). The smallest absolute Gasteiger partial charge is 0.250 e. The molecule has 2 amide bonds. The van der Waals surface area contributed by atoms with Crippen LogP contribution in [0, 0.1) is 6.92 Å². The average Bonchev–Trinajstić information content (AvgIpc) is 3.36. The second-order valence-corrected chi connectivity index (χ2v) is 9.92. The van der Waals surface area contributed by atoms with Gasteiger partial charge < -0.3 is 15.0 Å². The molecule has 1 saturated carbocycles. The van der Waals surface area contributed by atoms with E-state index in [0.29, 0.717) is 30.8 Å². The number of rotatable bonds is 8. The largest absolute Gasteiger partial charge is 0.497 e. The molecule has 8 nitrogen and oxygen atoms in total. The number of nitrogens with one attached hydrogen (secondary N) is 1. The van der Waals surface area contributed by atoms with Crippen molar-refractivity contribution in [3.8, 4) is 5.75 Å². The molecule has 0 bridgehead atoms. The highest BCUT2D eigenvalue weighted by atomic mass is 16.5. The van der Waals surface area contributed by atoms with Crippen molar-refractivity contribution < 1.29 is 14.3 Å². The lowest BCUT2D eigenvalue weighted by Crippen LogP contribution is -2.60. The van der Waals surface area contributed by atoms with E-state index in [1.807, 2.05) is 79.7 Å². The minimum Gasteiger partial charge on any atom is -0.497 e. The van der Waals surface area contributed by atoms with Gasteiger partial charge in [0.25, 0.3) is 0 Å². The molecule has 0 spiro atoms. The topological polar surface area (TPSA) is 89.4 Å². The lowest BCUT2D eigenvalue weighted by Gasteiger charge is -2.45. The van der Waals surface area contributed by atoms with Crippen molar-refractivity contribution in [2.75, 3.05) is 12.4 Å². The first-order valence-corrected chi connectivity index (χ1v) is 13.1. The molecule has 1 heterocycles. The number of nitrogens with zero attached hydrogens (tertiary/aromatic N) is 4. The Balaban J connectivity index is 1.51. The number of aryl methyl sites for hydroxylation is 1. The molecule has 4 aromatic rings. The van der Waals surface area contributed by atoms with Gasteiger partial charge in [0.05, 0.1) is 12.6 Å². The summed E-state index contributed by atoms with van der Waals surface area (Å²) in [5, 5.41) is 11.6. The molecule has 0 atom stereocenters. The number of ether oxygens (including phenoxy) is 1. The second-order valence-electron chi connectivity index (χ2n) is 9.92. The number of benzene rings is 3. The van der Waals surface area contributed by atoms with E-state index in [0.717, 1.165) is 41.4 Å². The molecule has 0 radical (unpaired) electrons. The highest BCUT2D eigenvalue weighted by Crippen LogP contribution is 2.37. The Morgan fingerprint density at radius 1 is 0.974 bits per heavy atom. The summed E-state index contributed by atoms with van der Waals surface area (Å²) in [6, 6.07) is 22.9. The van der Waals surface area contributed by atoms with Crippen molar-refractivity contribution in [2.24, 2.45) is 0 Å². The fourth-order valence-corrected chi connectivity index (χ4v) is 5.36. The molecule has 38 heavy (non-hydrogen) atoms. The standard InChI is InChI=1S/C30H33N5O3/c1-22-10-4-5-11-23(22)20-34(28(36)21-35-27-13-7-6-12-26(27)32-33-35)30(18-8-3-9-19-30)29(37)31-24-14-16-25(38-2)17-15-24/h4-7,10-17H,3,8-9,18-21H2,1-2H3,(H,31,37). The van der Waals surface area contributed by atoms with Crippen LogP contribution in [-0.2, 0) is 22.7 Å². The molecule has 1 aliphatic rings. The minimum absolute atomic E-state index is 0.00393. The number of carbonyl (C=O) groups excluding carboxylic acids is 2. The van der Waals surface area contributed by atoms with E-state index >= 15 is 0 Å². The molecule has 8 heteroatoms. The molecule has 0 saturated heterocycles. The zero-order chi connectivity index (χ0) is 26.5. The third-order valence-electron chi connectivity index (χ3n) is 7.56. The molecular weight excluding hydrogens is 478 g/mol. The molecular formula is C30H33N5O3. The van der Waals surface area contributed by atoms with Crippen LogP contribution in [0.15, 0.2) is 72.8 Å². The molecule has 1 aromatic heterocycles. The van der Waals surface area contributed by atoms with E-state index in [1.165, 1.54) is 0 Å². The van der Waals surface area contributed by atoms with Crippen LogP contribution in [0.4, 0.5) is 5.69 Å². The van der Waals surface area contributed by atoms with E-state index in [1.54, 1.807) is 16.7 Å². The summed E-state index contributed by atoms with van der Waals surface area (Å²) in [5.74, 6) is 0.398. The zero-order valence-electron chi connectivity index (χ0n) is 21.9. The van der Waals surface area contributed by atoms with Crippen molar-refractivity contribution in [2.45, 2.75) is 57.7 Å². The Kier molecular flexibility index (Phi) is 7.40. The highest BCUT2D eigenvalue weighted by Gasteiger charge is 2.47. The van der Waals surface area contributed by atoms with Crippen LogP contribution in [-0.4, -0.2) is 44.4 Å². The third-order valence-corrected chi connectivity index (χ3v) is 7.56. The summed E-state index contributed by atoms with van der Waals surface area (Å²) < 4.78 is 6.88. The van der Waals surface area contributed by atoms with Gasteiger partial charge in [0.15, 0.2) is 0 Å². The van der Waals surface area contributed by atoms with Gasteiger partial charge in [-0.25, -0.2) is 4.68 Å². The predicted molar refractivity (Wildman–Crippen MR) is 147 cm³/mol. The van der Waals surface area contributed by atoms with E-state index in [9.17, 15) is 9.59 Å². The van der Waals surface area contributed by atoms with Crippen LogP contribution >= 0.6 is 0 Å². The van der Waals surface area contributed by atoms with Gasteiger partial charge in [-0.15, -0.1) is 5.10 Å². The van der Waals surface area contributed by atoms with Gasteiger partial charge in [0.2, 0.25) is 11.8 Å². The Morgan fingerprint density at radius 3 is 2.42 bits per heavy atom. The SMILES string of the molecule is COc1ccc(NC(=O)C2(N(Cc3ccccc3C)C(=O)Cn3nnc4ccccc43)CCCCC2)cc1. The lowest BCUT2D eigenvalue weighted by molar-refractivity contribution is -0.149. The summed E-state index contributed by atoms with van der Waals surface area (Å²) in [5.41, 5.74) is 3.32. The first-order valence-electron chi connectivity index (χ1n) is 13.1. The Bertz CT molecular complexity index is 1420. The van der Waals surface area contributed by atoms with Gasteiger partial charge in [0, 0.05) is 12.2 Å². The van der Waals surface area contributed by atoms with Crippen molar-refractivity contribution in [1.29, 1.82) is 0 Å². The van der Waals surface area contributed by atoms with Crippen LogP contribution in [0.5, 0.6) is 5.75 Å². The number of fused-ring (bicyclic) bond motifs is 1. The van der Waals surface area contributed by atoms with Crippen LogP contribution < -0.4 is 10.1 Å². The number of carbonyl (C=O) groups is 2. The molecule has 1 aliphatic carbocycles. The maximum absolute atomic E-state index is 14.2. The second kappa shape index (κ2) is 11.0. The summed E-state index contributed by atoms with van der Waals surface area (Å²) >= 11 is 0. The molecule has 0 aliphatic heterocycles. The van der Waals surface area contributed by atoms with Gasteiger partial charge in [-0.3, -0.25) is 9.59 Å². The van der Waals surface area contributed by atoms with Crippen LogP contribution in [0.25, 0.3) is 11.0 Å². The van der Waals surface area contributed by atoms with Crippen LogP contribution in [0.3, 0.4) is 0 Å². The predicted octanol–water partition coefficient (Wildman–Crippen LogP) is 5.12. The van der Waals surface area contributed by atoms with Crippen molar-refractivity contribution in [1.82, 2.24) is 19.9 Å². The summed E-state index contributed by atoms with van der Waals surface area (Å²) in [6.07, 6.45) is 3.99. The summed E-state index contributed by atoms with van der Waals surface area (Å²) in [7, 11) is 1.61. The zero-order valence-corrected chi connectivity index (χ0v) is 21.9. The molecule has 1 N–H and O–H groups in total. The van der Waals surface area contributed by atoms with Crippen molar-refractivity contribution in [3.05, 3.63) is 83.9 Å². The fourth-order valence-electron chi connectivity index (χ4n) is 5.36. The number of para-hydroxylation sites is 1.